The summed E-state index contributed by atoms with van der Waals surface area (Å²) in [5.74, 6) is -0.312. The molecular formula is C11H17NO3. The number of nitrogens with zero attached hydrogens (tertiary/aromatic N) is 1. The Morgan fingerprint density at radius 3 is 2.60 bits per heavy atom. The number of hydrogen-bond acceptors (Lipinski definition) is 2. The van der Waals surface area contributed by atoms with E-state index in [-0.39, 0.29) is 17.9 Å². The van der Waals surface area contributed by atoms with Gasteiger partial charge in [-0.25, -0.2) is 0 Å². The van der Waals surface area contributed by atoms with Crippen LogP contribution in [0.4, 0.5) is 0 Å². The first-order valence-electron chi connectivity index (χ1n) is 5.59. The molecule has 2 aliphatic rings. The van der Waals surface area contributed by atoms with E-state index in [2.05, 4.69) is 0 Å². The fourth-order valence-corrected chi connectivity index (χ4v) is 3.01. The maximum atomic E-state index is 11.4. The lowest BCUT2D eigenvalue weighted by Crippen LogP contribution is -2.41. The van der Waals surface area contributed by atoms with Crippen LogP contribution in [0.15, 0.2) is 0 Å². The Bertz CT molecular complexity index is 290. The molecule has 0 spiro atoms. The summed E-state index contributed by atoms with van der Waals surface area (Å²) in [5.41, 5.74) is 0. The van der Waals surface area contributed by atoms with E-state index in [0.717, 1.165) is 25.8 Å². The first kappa shape index (κ1) is 10.5. The standard InChI is InChI=1S/C11H17NO3/c1-7(13)12-5-4-8-2-3-9(11(14)15)6-10(8)12/h8-10H,2-6H2,1H3,(H,14,15). The molecule has 0 aromatic heterocycles. The number of amides is 1. The van der Waals surface area contributed by atoms with E-state index in [0.29, 0.717) is 12.3 Å². The molecule has 0 radical (unpaired) electrons. The highest BCUT2D eigenvalue weighted by molar-refractivity contribution is 5.74. The van der Waals surface area contributed by atoms with Gasteiger partial charge in [-0.3, -0.25) is 9.59 Å². The van der Waals surface area contributed by atoms with Crippen LogP contribution in [0.5, 0.6) is 0 Å². The highest BCUT2D eigenvalue weighted by atomic mass is 16.4. The van der Waals surface area contributed by atoms with Crippen molar-refractivity contribution < 1.29 is 14.7 Å². The smallest absolute Gasteiger partial charge is 0.306 e. The molecule has 4 nitrogen and oxygen atoms in total. The molecule has 1 aliphatic heterocycles. The lowest BCUT2D eigenvalue weighted by Gasteiger charge is -2.34. The van der Waals surface area contributed by atoms with E-state index < -0.39 is 5.97 Å². The third kappa shape index (κ3) is 1.85. The van der Waals surface area contributed by atoms with Crippen molar-refractivity contribution in [3.8, 4) is 0 Å². The van der Waals surface area contributed by atoms with Gasteiger partial charge in [-0.1, -0.05) is 0 Å². The molecule has 2 rings (SSSR count). The second kappa shape index (κ2) is 3.83. The Labute approximate surface area is 89.3 Å². The quantitative estimate of drug-likeness (QED) is 0.706. The molecule has 1 heterocycles. The van der Waals surface area contributed by atoms with Crippen molar-refractivity contribution in [2.75, 3.05) is 6.54 Å². The van der Waals surface area contributed by atoms with Crippen LogP contribution < -0.4 is 0 Å². The van der Waals surface area contributed by atoms with Gasteiger partial charge >= 0.3 is 5.97 Å². The Hall–Kier alpha value is -1.06. The maximum absolute atomic E-state index is 11.4. The molecule has 2 fully saturated rings. The van der Waals surface area contributed by atoms with E-state index >= 15 is 0 Å². The average molecular weight is 211 g/mol. The molecular weight excluding hydrogens is 194 g/mol. The van der Waals surface area contributed by atoms with E-state index in [1.54, 1.807) is 6.92 Å². The van der Waals surface area contributed by atoms with E-state index in [4.69, 9.17) is 5.11 Å². The van der Waals surface area contributed by atoms with Gasteiger partial charge in [-0.2, -0.15) is 0 Å². The zero-order chi connectivity index (χ0) is 11.0. The van der Waals surface area contributed by atoms with Crippen LogP contribution in [0, 0.1) is 11.8 Å². The number of fused-ring (bicyclic) bond motifs is 1. The zero-order valence-electron chi connectivity index (χ0n) is 8.98. The summed E-state index contributed by atoms with van der Waals surface area (Å²) in [6.07, 6.45) is 3.45. The van der Waals surface area contributed by atoms with Gasteiger partial charge in [0, 0.05) is 19.5 Å². The minimum absolute atomic E-state index is 0.0912. The number of aliphatic carboxylic acids is 1. The van der Waals surface area contributed by atoms with E-state index in [1.807, 2.05) is 4.90 Å². The second-order valence-electron chi connectivity index (χ2n) is 4.68. The SMILES string of the molecule is CC(=O)N1CCC2CCC(C(=O)O)CC21. The van der Waals surface area contributed by atoms with Gasteiger partial charge in [0.15, 0.2) is 0 Å². The number of hydrogen-bond donors (Lipinski definition) is 1. The van der Waals surface area contributed by atoms with Crippen molar-refractivity contribution in [1.82, 2.24) is 4.90 Å². The lowest BCUT2D eigenvalue weighted by molar-refractivity contribution is -0.145. The molecule has 15 heavy (non-hydrogen) atoms. The highest BCUT2D eigenvalue weighted by Crippen LogP contribution is 2.38. The van der Waals surface area contributed by atoms with Crippen LogP contribution >= 0.6 is 0 Å². The average Bonchev–Trinajstić information content (AvgIpc) is 2.59. The normalized spacial score (nSPS) is 35.0. The zero-order valence-corrected chi connectivity index (χ0v) is 8.98. The topological polar surface area (TPSA) is 57.6 Å². The van der Waals surface area contributed by atoms with Gasteiger partial charge in [0.2, 0.25) is 5.91 Å². The van der Waals surface area contributed by atoms with Gasteiger partial charge in [0.05, 0.1) is 5.92 Å². The van der Waals surface area contributed by atoms with Gasteiger partial charge in [0.1, 0.15) is 0 Å². The van der Waals surface area contributed by atoms with Crippen LogP contribution in [0.1, 0.15) is 32.6 Å². The molecule has 1 N–H and O–H groups in total. The molecule has 84 valence electrons. The number of rotatable bonds is 1. The Morgan fingerprint density at radius 1 is 1.27 bits per heavy atom. The van der Waals surface area contributed by atoms with Gasteiger partial charge < -0.3 is 10.0 Å². The number of carbonyl (C=O) groups is 2. The van der Waals surface area contributed by atoms with Crippen LogP contribution in [-0.4, -0.2) is 34.5 Å². The third-order valence-corrected chi connectivity index (χ3v) is 3.85. The molecule has 0 aromatic carbocycles. The van der Waals surface area contributed by atoms with Crippen LogP contribution in [0.3, 0.4) is 0 Å². The summed E-state index contributed by atoms with van der Waals surface area (Å²) in [7, 11) is 0. The molecule has 1 saturated carbocycles. The number of carbonyl (C=O) groups excluding carboxylic acids is 1. The van der Waals surface area contributed by atoms with Crippen molar-refractivity contribution in [3.05, 3.63) is 0 Å². The molecule has 3 unspecified atom stereocenters. The van der Waals surface area contributed by atoms with E-state index in [1.165, 1.54) is 0 Å². The lowest BCUT2D eigenvalue weighted by atomic mass is 9.79. The van der Waals surface area contributed by atoms with Gasteiger partial charge in [-0.05, 0) is 31.6 Å². The highest BCUT2D eigenvalue weighted by Gasteiger charge is 2.41. The minimum Gasteiger partial charge on any atom is -0.481 e. The van der Waals surface area contributed by atoms with Gasteiger partial charge in [-0.15, -0.1) is 0 Å². The summed E-state index contributed by atoms with van der Waals surface area (Å²) < 4.78 is 0. The van der Waals surface area contributed by atoms with Crippen LogP contribution in [0.25, 0.3) is 0 Å². The summed E-state index contributed by atoms with van der Waals surface area (Å²) >= 11 is 0. The minimum atomic E-state index is -0.705. The Morgan fingerprint density at radius 2 is 2.00 bits per heavy atom. The number of carboxylic acids is 1. The van der Waals surface area contributed by atoms with Crippen molar-refractivity contribution in [1.29, 1.82) is 0 Å². The molecule has 1 aliphatic carbocycles. The monoisotopic (exact) mass is 211 g/mol. The second-order valence-corrected chi connectivity index (χ2v) is 4.68. The largest absolute Gasteiger partial charge is 0.481 e. The summed E-state index contributed by atoms with van der Waals surface area (Å²) in [4.78, 5) is 24.1. The molecule has 4 heteroatoms. The molecule has 3 atom stereocenters. The van der Waals surface area contributed by atoms with Crippen molar-refractivity contribution in [3.63, 3.8) is 0 Å². The summed E-state index contributed by atoms with van der Waals surface area (Å²) in [6, 6.07) is 0.192. The summed E-state index contributed by atoms with van der Waals surface area (Å²) in [6.45, 7) is 2.39. The number of likely N-dealkylation sites (tertiary alicyclic amines) is 1. The fourth-order valence-electron chi connectivity index (χ4n) is 3.01. The molecule has 0 bridgehead atoms. The molecule has 0 aromatic rings. The van der Waals surface area contributed by atoms with Crippen molar-refractivity contribution in [2.45, 2.75) is 38.6 Å². The predicted octanol–water partition coefficient (Wildman–Crippen LogP) is 1.11. The predicted molar refractivity (Wildman–Crippen MR) is 54.3 cm³/mol. The molecule has 1 amide bonds. The summed E-state index contributed by atoms with van der Waals surface area (Å²) in [5, 5.41) is 8.98. The Balaban J connectivity index is 2.07. The first-order chi connectivity index (χ1) is 7.09. The molecule has 1 saturated heterocycles. The maximum Gasteiger partial charge on any atom is 0.306 e. The van der Waals surface area contributed by atoms with Crippen molar-refractivity contribution in [2.24, 2.45) is 11.8 Å². The third-order valence-electron chi connectivity index (χ3n) is 3.85. The van der Waals surface area contributed by atoms with Crippen molar-refractivity contribution >= 4 is 11.9 Å². The fraction of sp³-hybridized carbons (Fsp3) is 0.818. The number of carboxylic acid groups (broad SMARTS) is 1. The van der Waals surface area contributed by atoms with E-state index in [9.17, 15) is 9.59 Å². The van der Waals surface area contributed by atoms with Gasteiger partial charge in [0.25, 0.3) is 0 Å². The first-order valence-corrected chi connectivity index (χ1v) is 5.59. The van der Waals surface area contributed by atoms with Crippen LogP contribution in [0.2, 0.25) is 0 Å². The Kier molecular flexibility index (Phi) is 2.67. The van der Waals surface area contributed by atoms with Crippen LogP contribution in [-0.2, 0) is 9.59 Å².